The van der Waals surface area contributed by atoms with Crippen molar-refractivity contribution in [1.29, 1.82) is 0 Å². The smallest absolute Gasteiger partial charge is 0.185 e. The van der Waals surface area contributed by atoms with Crippen LogP contribution in [-0.2, 0) is 4.79 Å². The van der Waals surface area contributed by atoms with Crippen LogP contribution in [0.15, 0.2) is 83.5 Å². The SMILES string of the molecule is CC(C)C1=CC(=Cc2ccccc2)[C@@H](C)C(=Cc2ccccc2)C1=O. The molecule has 2 aromatic carbocycles. The first kappa shape index (κ1) is 17.2. The maximum absolute atomic E-state index is 13.0. The highest BCUT2D eigenvalue weighted by atomic mass is 16.1. The summed E-state index contributed by atoms with van der Waals surface area (Å²) in [7, 11) is 0. The highest BCUT2D eigenvalue weighted by Gasteiger charge is 2.29. The molecule has 0 spiro atoms. The zero-order valence-corrected chi connectivity index (χ0v) is 15.1. The Morgan fingerprint density at radius 1 is 0.840 bits per heavy atom. The van der Waals surface area contributed by atoms with Gasteiger partial charge in [0.1, 0.15) is 0 Å². The van der Waals surface area contributed by atoms with Crippen molar-refractivity contribution >= 4 is 17.9 Å². The fraction of sp³-hybridized carbons (Fsp3) is 0.208. The maximum Gasteiger partial charge on any atom is 0.185 e. The Morgan fingerprint density at radius 2 is 1.36 bits per heavy atom. The molecular weight excluding hydrogens is 304 g/mol. The summed E-state index contributed by atoms with van der Waals surface area (Å²) in [6, 6.07) is 20.4. The molecule has 25 heavy (non-hydrogen) atoms. The lowest BCUT2D eigenvalue weighted by molar-refractivity contribution is -0.113. The van der Waals surface area contributed by atoms with Crippen molar-refractivity contribution in [1.82, 2.24) is 0 Å². The molecule has 2 aromatic rings. The van der Waals surface area contributed by atoms with Crippen LogP contribution in [0.3, 0.4) is 0 Å². The normalized spacial score (nSPS) is 21.0. The number of hydrogen-bond donors (Lipinski definition) is 0. The molecule has 0 saturated carbocycles. The Bertz CT molecular complexity index is 836. The largest absolute Gasteiger partial charge is 0.289 e. The molecule has 0 N–H and O–H groups in total. The van der Waals surface area contributed by atoms with Gasteiger partial charge in [-0.1, -0.05) is 93.6 Å². The van der Waals surface area contributed by atoms with Crippen LogP contribution in [0.4, 0.5) is 0 Å². The van der Waals surface area contributed by atoms with E-state index in [4.69, 9.17) is 0 Å². The van der Waals surface area contributed by atoms with Gasteiger partial charge < -0.3 is 0 Å². The van der Waals surface area contributed by atoms with Gasteiger partial charge in [-0.15, -0.1) is 0 Å². The van der Waals surface area contributed by atoms with Crippen molar-refractivity contribution in [3.8, 4) is 0 Å². The zero-order valence-electron chi connectivity index (χ0n) is 15.1. The Kier molecular flexibility index (Phi) is 5.14. The van der Waals surface area contributed by atoms with E-state index in [0.29, 0.717) is 0 Å². The number of Topliss-reactive ketones (excluding diaryl/α,β-unsaturated/α-hetero) is 1. The maximum atomic E-state index is 13.0. The van der Waals surface area contributed by atoms with Crippen LogP contribution in [0, 0.1) is 11.8 Å². The van der Waals surface area contributed by atoms with Gasteiger partial charge in [0.15, 0.2) is 5.78 Å². The number of ketones is 1. The molecule has 1 atom stereocenters. The van der Waals surface area contributed by atoms with Gasteiger partial charge in [0.2, 0.25) is 0 Å². The molecular formula is C24H24O. The molecule has 0 fully saturated rings. The van der Waals surface area contributed by atoms with Gasteiger partial charge in [-0.25, -0.2) is 0 Å². The van der Waals surface area contributed by atoms with Gasteiger partial charge in [0.25, 0.3) is 0 Å². The van der Waals surface area contributed by atoms with Crippen molar-refractivity contribution in [2.24, 2.45) is 11.8 Å². The highest BCUT2D eigenvalue weighted by Crippen LogP contribution is 2.35. The molecule has 0 saturated heterocycles. The Morgan fingerprint density at radius 3 is 1.88 bits per heavy atom. The van der Waals surface area contributed by atoms with Gasteiger partial charge in [-0.3, -0.25) is 4.79 Å². The topological polar surface area (TPSA) is 17.1 Å². The first-order valence-corrected chi connectivity index (χ1v) is 8.86. The number of hydrogen-bond acceptors (Lipinski definition) is 1. The molecule has 1 aliphatic rings. The second-order valence-electron chi connectivity index (χ2n) is 6.87. The molecule has 1 heteroatoms. The van der Waals surface area contributed by atoms with Gasteiger partial charge in [-0.05, 0) is 28.7 Å². The average Bonchev–Trinajstić information content (AvgIpc) is 2.62. The Hall–Kier alpha value is -2.67. The second-order valence-corrected chi connectivity index (χ2v) is 6.87. The first-order valence-electron chi connectivity index (χ1n) is 8.86. The van der Waals surface area contributed by atoms with Crippen LogP contribution in [0.2, 0.25) is 0 Å². The van der Waals surface area contributed by atoms with E-state index in [1.807, 2.05) is 54.6 Å². The summed E-state index contributed by atoms with van der Waals surface area (Å²) in [5.74, 6) is 0.463. The van der Waals surface area contributed by atoms with E-state index in [1.54, 1.807) is 0 Å². The molecule has 0 aromatic heterocycles. The summed E-state index contributed by atoms with van der Waals surface area (Å²) < 4.78 is 0. The summed E-state index contributed by atoms with van der Waals surface area (Å²) in [5, 5.41) is 0. The molecule has 0 amide bonds. The minimum atomic E-state index is 0.0791. The average molecular weight is 328 g/mol. The molecule has 0 radical (unpaired) electrons. The standard InChI is InChI=1S/C24H24O/c1-17(2)22-16-21(14-19-10-6-4-7-11-19)18(3)23(24(22)25)15-20-12-8-5-9-13-20/h4-18H,1-3H3/t18-/m1/s1. The summed E-state index contributed by atoms with van der Waals surface area (Å²) in [5.41, 5.74) is 5.19. The molecule has 0 bridgehead atoms. The van der Waals surface area contributed by atoms with E-state index >= 15 is 0 Å². The lowest BCUT2D eigenvalue weighted by Gasteiger charge is -2.26. The number of allylic oxidation sites excluding steroid dienone is 4. The molecule has 3 rings (SSSR count). The minimum Gasteiger partial charge on any atom is -0.289 e. The Balaban J connectivity index is 2.09. The molecule has 1 aliphatic carbocycles. The predicted octanol–water partition coefficient (Wildman–Crippen LogP) is 5.95. The van der Waals surface area contributed by atoms with Crippen LogP contribution in [0.5, 0.6) is 0 Å². The summed E-state index contributed by atoms with van der Waals surface area (Å²) in [6.45, 7) is 6.29. The van der Waals surface area contributed by atoms with E-state index in [2.05, 4.69) is 45.1 Å². The molecule has 0 heterocycles. The van der Waals surface area contributed by atoms with Crippen LogP contribution in [0.1, 0.15) is 31.9 Å². The first-order chi connectivity index (χ1) is 12.1. The number of rotatable bonds is 3. The molecule has 0 aliphatic heterocycles. The molecule has 0 unspecified atom stereocenters. The van der Waals surface area contributed by atoms with Gasteiger partial charge in [0, 0.05) is 17.1 Å². The van der Waals surface area contributed by atoms with E-state index in [9.17, 15) is 4.79 Å². The predicted molar refractivity (Wildman–Crippen MR) is 106 cm³/mol. The number of benzene rings is 2. The highest BCUT2D eigenvalue weighted by molar-refractivity contribution is 6.13. The second kappa shape index (κ2) is 7.48. The summed E-state index contributed by atoms with van der Waals surface area (Å²) >= 11 is 0. The van der Waals surface area contributed by atoms with Gasteiger partial charge in [0.05, 0.1) is 0 Å². The van der Waals surface area contributed by atoms with Crippen LogP contribution < -0.4 is 0 Å². The number of carbonyl (C=O) groups excluding carboxylic acids is 1. The minimum absolute atomic E-state index is 0.0791. The number of carbonyl (C=O) groups is 1. The van der Waals surface area contributed by atoms with E-state index in [0.717, 1.165) is 22.3 Å². The van der Waals surface area contributed by atoms with E-state index in [1.165, 1.54) is 5.57 Å². The zero-order chi connectivity index (χ0) is 17.8. The lowest BCUT2D eigenvalue weighted by Crippen LogP contribution is -2.22. The van der Waals surface area contributed by atoms with Crippen molar-refractivity contribution in [3.05, 3.63) is 94.6 Å². The third-order valence-electron chi connectivity index (χ3n) is 4.69. The van der Waals surface area contributed by atoms with Crippen LogP contribution >= 0.6 is 0 Å². The quantitative estimate of drug-likeness (QED) is 0.636. The van der Waals surface area contributed by atoms with Crippen molar-refractivity contribution in [3.63, 3.8) is 0 Å². The third-order valence-corrected chi connectivity index (χ3v) is 4.69. The van der Waals surface area contributed by atoms with Crippen molar-refractivity contribution < 1.29 is 4.79 Å². The molecule has 126 valence electrons. The van der Waals surface area contributed by atoms with Gasteiger partial charge in [-0.2, -0.15) is 0 Å². The van der Waals surface area contributed by atoms with Gasteiger partial charge >= 0.3 is 0 Å². The summed E-state index contributed by atoms with van der Waals surface area (Å²) in [4.78, 5) is 13.0. The van der Waals surface area contributed by atoms with Crippen LogP contribution in [-0.4, -0.2) is 5.78 Å². The fourth-order valence-electron chi connectivity index (χ4n) is 3.17. The Labute approximate surface area is 150 Å². The third kappa shape index (κ3) is 3.88. The molecule has 1 nitrogen and oxygen atoms in total. The lowest BCUT2D eigenvalue weighted by atomic mass is 9.77. The van der Waals surface area contributed by atoms with E-state index < -0.39 is 0 Å². The summed E-state index contributed by atoms with van der Waals surface area (Å²) in [6.07, 6.45) is 6.33. The van der Waals surface area contributed by atoms with Crippen LogP contribution in [0.25, 0.3) is 12.2 Å². The fourth-order valence-corrected chi connectivity index (χ4v) is 3.17. The van der Waals surface area contributed by atoms with Crippen molar-refractivity contribution in [2.75, 3.05) is 0 Å². The van der Waals surface area contributed by atoms with E-state index in [-0.39, 0.29) is 17.6 Å². The monoisotopic (exact) mass is 328 g/mol. The van der Waals surface area contributed by atoms with Crippen molar-refractivity contribution in [2.45, 2.75) is 20.8 Å².